The lowest BCUT2D eigenvalue weighted by Gasteiger charge is -2.20. The zero-order valence-electron chi connectivity index (χ0n) is 13.2. The molecule has 1 aromatic carbocycles. The molecule has 0 aliphatic rings. The highest BCUT2D eigenvalue weighted by Crippen LogP contribution is 2.11. The molecule has 0 fully saturated rings. The molecular weight excluding hydrogens is 246 g/mol. The topological polar surface area (TPSA) is 29.9 Å². The van der Waals surface area contributed by atoms with Gasteiger partial charge in [0.15, 0.2) is 0 Å². The lowest BCUT2D eigenvalue weighted by Crippen LogP contribution is -2.35. The maximum Gasteiger partial charge on any atom is 0.0659 e. The summed E-state index contributed by atoms with van der Waals surface area (Å²) in [6, 6.07) is 8.58. The molecule has 0 spiro atoms. The summed E-state index contributed by atoms with van der Waals surface area (Å²) in [6.07, 6.45) is 2.15. The van der Waals surface area contributed by atoms with Gasteiger partial charge in [0.05, 0.1) is 12.2 Å². The quantitative estimate of drug-likeness (QED) is 0.923. The number of aromatic nitrogens is 2. The van der Waals surface area contributed by atoms with Gasteiger partial charge in [-0.3, -0.25) is 4.68 Å². The van der Waals surface area contributed by atoms with E-state index in [0.717, 1.165) is 18.8 Å². The first-order chi connectivity index (χ1) is 9.33. The molecule has 2 aromatic rings. The Bertz CT molecular complexity index is 576. The highest BCUT2D eigenvalue weighted by molar-refractivity contribution is 5.23. The van der Waals surface area contributed by atoms with E-state index in [2.05, 4.69) is 75.5 Å². The second-order valence-electron chi connectivity index (χ2n) is 6.53. The molecule has 1 N–H and O–H groups in total. The van der Waals surface area contributed by atoms with E-state index in [4.69, 9.17) is 0 Å². The van der Waals surface area contributed by atoms with Crippen LogP contribution in [0.1, 0.15) is 43.2 Å². The van der Waals surface area contributed by atoms with Crippen molar-refractivity contribution in [2.24, 2.45) is 0 Å². The van der Waals surface area contributed by atoms with Crippen LogP contribution < -0.4 is 5.32 Å². The zero-order chi connectivity index (χ0) is 14.8. The second kappa shape index (κ2) is 5.80. The molecule has 0 unspecified atom stereocenters. The molecule has 0 atom stereocenters. The van der Waals surface area contributed by atoms with Crippen LogP contribution in [0.25, 0.3) is 0 Å². The highest BCUT2D eigenvalue weighted by Gasteiger charge is 2.11. The van der Waals surface area contributed by atoms with Crippen LogP contribution in [-0.2, 0) is 13.1 Å². The van der Waals surface area contributed by atoms with Gasteiger partial charge in [-0.25, -0.2) is 0 Å². The SMILES string of the molecule is Cc1cccc(Cn2cc(CNC(C)(C)C)c(C)n2)c1. The van der Waals surface area contributed by atoms with Crippen molar-refractivity contribution in [3.63, 3.8) is 0 Å². The molecule has 0 saturated carbocycles. The van der Waals surface area contributed by atoms with Crippen LogP contribution in [0.4, 0.5) is 0 Å². The second-order valence-corrected chi connectivity index (χ2v) is 6.53. The molecule has 20 heavy (non-hydrogen) atoms. The number of benzene rings is 1. The van der Waals surface area contributed by atoms with Crippen molar-refractivity contribution in [3.8, 4) is 0 Å². The van der Waals surface area contributed by atoms with Gasteiger partial charge in [-0.05, 0) is 40.2 Å². The van der Waals surface area contributed by atoms with E-state index in [-0.39, 0.29) is 5.54 Å². The smallest absolute Gasteiger partial charge is 0.0659 e. The van der Waals surface area contributed by atoms with Gasteiger partial charge in [0.2, 0.25) is 0 Å². The first-order valence-corrected chi connectivity index (χ1v) is 7.17. The number of hydrogen-bond donors (Lipinski definition) is 1. The largest absolute Gasteiger partial charge is 0.308 e. The molecule has 0 aliphatic heterocycles. The number of aryl methyl sites for hydroxylation is 2. The fourth-order valence-electron chi connectivity index (χ4n) is 2.17. The Labute approximate surface area is 122 Å². The van der Waals surface area contributed by atoms with E-state index >= 15 is 0 Å². The van der Waals surface area contributed by atoms with Gasteiger partial charge < -0.3 is 5.32 Å². The van der Waals surface area contributed by atoms with Gasteiger partial charge >= 0.3 is 0 Å². The maximum absolute atomic E-state index is 4.61. The Morgan fingerprint density at radius 2 is 1.95 bits per heavy atom. The third-order valence-corrected chi connectivity index (χ3v) is 3.28. The summed E-state index contributed by atoms with van der Waals surface area (Å²) in [6.45, 7) is 12.4. The molecule has 0 aliphatic carbocycles. The third kappa shape index (κ3) is 4.20. The standard InChI is InChI=1S/C17H25N3/c1-13-7-6-8-15(9-13)11-20-12-16(14(2)19-20)10-18-17(3,4)5/h6-9,12,18H,10-11H2,1-5H3. The third-order valence-electron chi connectivity index (χ3n) is 3.28. The Kier molecular flexibility index (Phi) is 4.29. The van der Waals surface area contributed by atoms with Crippen molar-refractivity contribution >= 4 is 0 Å². The molecular formula is C17H25N3. The predicted molar refractivity (Wildman–Crippen MR) is 83.8 cm³/mol. The van der Waals surface area contributed by atoms with Gasteiger partial charge in [0.25, 0.3) is 0 Å². The van der Waals surface area contributed by atoms with E-state index in [1.54, 1.807) is 0 Å². The van der Waals surface area contributed by atoms with Gasteiger partial charge in [-0.15, -0.1) is 0 Å². The normalized spacial score (nSPS) is 11.8. The summed E-state index contributed by atoms with van der Waals surface area (Å²) in [5.41, 5.74) is 5.09. The molecule has 108 valence electrons. The maximum atomic E-state index is 4.61. The lowest BCUT2D eigenvalue weighted by molar-refractivity contribution is 0.423. The molecule has 1 heterocycles. The van der Waals surface area contributed by atoms with Crippen LogP contribution in [0.15, 0.2) is 30.5 Å². The zero-order valence-corrected chi connectivity index (χ0v) is 13.2. The molecule has 2 rings (SSSR count). The summed E-state index contributed by atoms with van der Waals surface area (Å²) in [7, 11) is 0. The average Bonchev–Trinajstić information content (AvgIpc) is 2.66. The van der Waals surface area contributed by atoms with Crippen molar-refractivity contribution in [1.29, 1.82) is 0 Å². The average molecular weight is 271 g/mol. The summed E-state index contributed by atoms with van der Waals surface area (Å²) in [5, 5.41) is 8.12. The number of rotatable bonds is 4. The van der Waals surface area contributed by atoms with E-state index in [0.29, 0.717) is 0 Å². The monoisotopic (exact) mass is 271 g/mol. The molecule has 3 heteroatoms. The minimum absolute atomic E-state index is 0.130. The summed E-state index contributed by atoms with van der Waals surface area (Å²) >= 11 is 0. The van der Waals surface area contributed by atoms with Gasteiger partial charge in [0.1, 0.15) is 0 Å². The van der Waals surface area contributed by atoms with Gasteiger partial charge in [0, 0.05) is 23.8 Å². The van der Waals surface area contributed by atoms with Crippen molar-refractivity contribution in [2.45, 2.75) is 53.2 Å². The Morgan fingerprint density at radius 3 is 2.60 bits per heavy atom. The number of nitrogens with zero attached hydrogens (tertiary/aromatic N) is 2. The predicted octanol–water partition coefficient (Wildman–Crippen LogP) is 3.44. The van der Waals surface area contributed by atoms with E-state index in [1.807, 2.05) is 4.68 Å². The van der Waals surface area contributed by atoms with Crippen LogP contribution >= 0.6 is 0 Å². The minimum Gasteiger partial charge on any atom is -0.308 e. The molecule has 0 radical (unpaired) electrons. The molecule has 0 saturated heterocycles. The number of hydrogen-bond acceptors (Lipinski definition) is 2. The summed E-state index contributed by atoms with van der Waals surface area (Å²) in [4.78, 5) is 0. The first-order valence-electron chi connectivity index (χ1n) is 7.17. The Balaban J connectivity index is 2.07. The van der Waals surface area contributed by atoms with Gasteiger partial charge in [-0.2, -0.15) is 5.10 Å². The van der Waals surface area contributed by atoms with Crippen molar-refractivity contribution < 1.29 is 0 Å². The van der Waals surface area contributed by atoms with E-state index < -0.39 is 0 Å². The van der Waals surface area contributed by atoms with Crippen molar-refractivity contribution in [2.75, 3.05) is 0 Å². The fraction of sp³-hybridized carbons (Fsp3) is 0.471. The van der Waals surface area contributed by atoms with Gasteiger partial charge in [-0.1, -0.05) is 29.8 Å². The number of nitrogens with one attached hydrogen (secondary N) is 1. The van der Waals surface area contributed by atoms with E-state index in [9.17, 15) is 0 Å². The highest BCUT2D eigenvalue weighted by atomic mass is 15.3. The molecule has 3 nitrogen and oxygen atoms in total. The van der Waals surface area contributed by atoms with Crippen LogP contribution in [0.5, 0.6) is 0 Å². The summed E-state index contributed by atoms with van der Waals surface area (Å²) in [5.74, 6) is 0. The fourth-order valence-corrected chi connectivity index (χ4v) is 2.17. The lowest BCUT2D eigenvalue weighted by atomic mass is 10.1. The van der Waals surface area contributed by atoms with Crippen molar-refractivity contribution in [3.05, 3.63) is 52.8 Å². The first kappa shape index (κ1) is 14.8. The van der Waals surface area contributed by atoms with Crippen LogP contribution in [0, 0.1) is 13.8 Å². The molecule has 1 aromatic heterocycles. The molecule has 0 bridgehead atoms. The van der Waals surface area contributed by atoms with Crippen LogP contribution in [-0.4, -0.2) is 15.3 Å². The molecule has 0 amide bonds. The van der Waals surface area contributed by atoms with Crippen molar-refractivity contribution in [1.82, 2.24) is 15.1 Å². The van der Waals surface area contributed by atoms with E-state index in [1.165, 1.54) is 16.7 Å². The van der Waals surface area contributed by atoms with Crippen LogP contribution in [0.2, 0.25) is 0 Å². The Hall–Kier alpha value is -1.61. The summed E-state index contributed by atoms with van der Waals surface area (Å²) < 4.78 is 2.03. The van der Waals surface area contributed by atoms with Crippen LogP contribution in [0.3, 0.4) is 0 Å². The minimum atomic E-state index is 0.130. The Morgan fingerprint density at radius 1 is 1.20 bits per heavy atom.